The van der Waals surface area contributed by atoms with Gasteiger partial charge in [-0.05, 0) is 25.0 Å². The monoisotopic (exact) mass is 294 g/mol. The number of anilines is 1. The van der Waals surface area contributed by atoms with Gasteiger partial charge in [0, 0.05) is 0 Å². The molecule has 1 amide bonds. The summed E-state index contributed by atoms with van der Waals surface area (Å²) in [6.07, 6.45) is 0. The number of carbonyl (C=O) groups is 2. The molecular weight excluding hydrogens is 272 g/mol. The first-order valence-corrected chi connectivity index (χ1v) is 6.90. The van der Waals surface area contributed by atoms with Crippen LogP contribution in [0, 0.1) is 5.92 Å². The van der Waals surface area contributed by atoms with E-state index in [2.05, 4.69) is 5.32 Å². The Balaban J connectivity index is 2.73. The van der Waals surface area contributed by atoms with Gasteiger partial charge in [-0.25, -0.2) is 4.79 Å². The molecule has 0 saturated carbocycles. The van der Waals surface area contributed by atoms with Gasteiger partial charge >= 0.3 is 5.97 Å². The van der Waals surface area contributed by atoms with Crippen LogP contribution in [0.25, 0.3) is 0 Å². The number of para-hydroxylation sites is 2. The number of nitrogens with one attached hydrogen (secondary N) is 1. The van der Waals surface area contributed by atoms with E-state index in [9.17, 15) is 9.59 Å². The number of esters is 1. The van der Waals surface area contributed by atoms with Crippen molar-refractivity contribution in [2.24, 2.45) is 11.7 Å². The first kappa shape index (κ1) is 17.0. The van der Waals surface area contributed by atoms with Crippen molar-refractivity contribution in [3.63, 3.8) is 0 Å². The van der Waals surface area contributed by atoms with Crippen LogP contribution >= 0.6 is 0 Å². The van der Waals surface area contributed by atoms with Crippen LogP contribution in [0.2, 0.25) is 0 Å². The Hall–Kier alpha value is -2.08. The molecule has 1 unspecified atom stereocenters. The number of ether oxygens (including phenoxy) is 2. The van der Waals surface area contributed by atoms with Gasteiger partial charge in [0.1, 0.15) is 5.75 Å². The molecule has 1 aromatic carbocycles. The lowest BCUT2D eigenvalue weighted by Crippen LogP contribution is -2.43. The molecule has 0 aliphatic carbocycles. The first-order chi connectivity index (χ1) is 9.95. The number of hydrogen-bond donors (Lipinski definition) is 2. The van der Waals surface area contributed by atoms with Gasteiger partial charge in [0.05, 0.1) is 18.9 Å². The molecule has 0 bridgehead atoms. The van der Waals surface area contributed by atoms with Gasteiger partial charge in [-0.3, -0.25) is 4.79 Å². The minimum atomic E-state index is -1.36. The second-order valence-electron chi connectivity index (χ2n) is 4.92. The number of rotatable bonds is 7. The summed E-state index contributed by atoms with van der Waals surface area (Å²) >= 11 is 0. The topological polar surface area (TPSA) is 90.7 Å². The van der Waals surface area contributed by atoms with Crippen molar-refractivity contribution in [2.75, 3.05) is 18.5 Å². The summed E-state index contributed by atoms with van der Waals surface area (Å²) in [5.74, 6) is -0.490. The predicted octanol–water partition coefficient (Wildman–Crippen LogP) is 1.55. The molecule has 1 rings (SSSR count). The molecule has 21 heavy (non-hydrogen) atoms. The van der Waals surface area contributed by atoms with E-state index in [1.807, 2.05) is 13.8 Å². The van der Waals surface area contributed by atoms with Crippen molar-refractivity contribution in [2.45, 2.75) is 26.8 Å². The molecule has 6 nitrogen and oxygen atoms in total. The molecule has 116 valence electrons. The van der Waals surface area contributed by atoms with Gasteiger partial charge in [0.25, 0.3) is 5.91 Å². The highest BCUT2D eigenvalue weighted by Crippen LogP contribution is 2.24. The Morgan fingerprint density at radius 1 is 1.29 bits per heavy atom. The standard InChI is InChI=1S/C15H22N2O4/c1-4-20-15(19)13(16)14(18)17-11-7-5-6-8-12(11)21-9-10(2)3/h5-8,10,13H,4,9,16H2,1-3H3,(H,17,18). The molecule has 0 saturated heterocycles. The third-order valence-electron chi connectivity index (χ3n) is 2.54. The molecule has 0 radical (unpaired) electrons. The summed E-state index contributed by atoms with van der Waals surface area (Å²) < 4.78 is 10.3. The number of amides is 1. The highest BCUT2D eigenvalue weighted by atomic mass is 16.5. The fraction of sp³-hybridized carbons (Fsp3) is 0.467. The van der Waals surface area contributed by atoms with E-state index in [4.69, 9.17) is 15.2 Å². The van der Waals surface area contributed by atoms with Crippen LogP contribution in [0.1, 0.15) is 20.8 Å². The molecule has 0 aliphatic rings. The maximum absolute atomic E-state index is 11.9. The lowest BCUT2D eigenvalue weighted by molar-refractivity contribution is -0.146. The maximum Gasteiger partial charge on any atom is 0.332 e. The van der Waals surface area contributed by atoms with Crippen LogP contribution in [0.15, 0.2) is 24.3 Å². The van der Waals surface area contributed by atoms with Gasteiger partial charge in [0.2, 0.25) is 0 Å². The molecule has 1 aromatic rings. The van der Waals surface area contributed by atoms with Crippen molar-refractivity contribution in [3.05, 3.63) is 24.3 Å². The average molecular weight is 294 g/mol. The fourth-order valence-corrected chi connectivity index (χ4v) is 1.50. The Morgan fingerprint density at radius 2 is 1.95 bits per heavy atom. The summed E-state index contributed by atoms with van der Waals surface area (Å²) in [7, 11) is 0. The SMILES string of the molecule is CCOC(=O)C(N)C(=O)Nc1ccccc1OCC(C)C. The van der Waals surface area contributed by atoms with E-state index in [1.165, 1.54) is 0 Å². The Kier molecular flexibility index (Phi) is 6.68. The second-order valence-corrected chi connectivity index (χ2v) is 4.92. The molecule has 6 heteroatoms. The van der Waals surface area contributed by atoms with Gasteiger partial charge in [-0.15, -0.1) is 0 Å². The number of hydrogen-bond acceptors (Lipinski definition) is 5. The molecule has 0 heterocycles. The summed E-state index contributed by atoms with van der Waals surface area (Å²) in [5.41, 5.74) is 6.01. The molecule has 3 N–H and O–H groups in total. The van der Waals surface area contributed by atoms with Crippen molar-refractivity contribution < 1.29 is 19.1 Å². The van der Waals surface area contributed by atoms with Crippen molar-refractivity contribution in [3.8, 4) is 5.75 Å². The number of carbonyl (C=O) groups excluding carboxylic acids is 2. The van der Waals surface area contributed by atoms with Crippen molar-refractivity contribution in [1.82, 2.24) is 0 Å². The summed E-state index contributed by atoms with van der Waals surface area (Å²) in [6.45, 7) is 6.40. The van der Waals surface area contributed by atoms with Crippen molar-refractivity contribution >= 4 is 17.6 Å². The van der Waals surface area contributed by atoms with Crippen LogP contribution in [-0.4, -0.2) is 31.1 Å². The molecule has 0 spiro atoms. The molecule has 1 atom stereocenters. The zero-order chi connectivity index (χ0) is 15.8. The highest BCUT2D eigenvalue weighted by molar-refractivity contribution is 6.08. The van der Waals surface area contributed by atoms with Crippen LogP contribution in [0.5, 0.6) is 5.75 Å². The fourth-order valence-electron chi connectivity index (χ4n) is 1.50. The van der Waals surface area contributed by atoms with Crippen molar-refractivity contribution in [1.29, 1.82) is 0 Å². The van der Waals surface area contributed by atoms with E-state index < -0.39 is 17.9 Å². The Morgan fingerprint density at radius 3 is 2.57 bits per heavy atom. The van der Waals surface area contributed by atoms with E-state index >= 15 is 0 Å². The van der Waals surface area contributed by atoms with Crippen LogP contribution in [-0.2, 0) is 14.3 Å². The van der Waals surface area contributed by atoms with Crippen LogP contribution < -0.4 is 15.8 Å². The largest absolute Gasteiger partial charge is 0.491 e. The average Bonchev–Trinajstić information content (AvgIpc) is 2.45. The van der Waals surface area contributed by atoms with Crippen LogP contribution in [0.3, 0.4) is 0 Å². The quantitative estimate of drug-likeness (QED) is 0.588. The Bertz CT molecular complexity index is 488. The second kappa shape index (κ2) is 8.26. The minimum Gasteiger partial charge on any atom is -0.491 e. The highest BCUT2D eigenvalue weighted by Gasteiger charge is 2.24. The summed E-state index contributed by atoms with van der Waals surface area (Å²) in [6, 6.07) is 5.63. The zero-order valence-corrected chi connectivity index (χ0v) is 12.6. The van der Waals surface area contributed by atoms with Gasteiger partial charge in [0.15, 0.2) is 6.04 Å². The maximum atomic E-state index is 11.9. The summed E-state index contributed by atoms with van der Waals surface area (Å²) in [4.78, 5) is 23.4. The number of nitrogens with two attached hydrogens (primary N) is 1. The smallest absolute Gasteiger partial charge is 0.332 e. The number of benzene rings is 1. The lowest BCUT2D eigenvalue weighted by atomic mass is 10.2. The normalized spacial score (nSPS) is 11.9. The van der Waals surface area contributed by atoms with Gasteiger partial charge in [-0.2, -0.15) is 0 Å². The van der Waals surface area contributed by atoms with Gasteiger partial charge in [-0.1, -0.05) is 26.0 Å². The Labute approximate surface area is 124 Å². The minimum absolute atomic E-state index is 0.175. The molecular formula is C15H22N2O4. The first-order valence-electron chi connectivity index (χ1n) is 6.90. The third-order valence-corrected chi connectivity index (χ3v) is 2.54. The molecule has 0 aromatic heterocycles. The van der Waals surface area contributed by atoms with Crippen LogP contribution in [0.4, 0.5) is 5.69 Å². The third kappa shape index (κ3) is 5.43. The zero-order valence-electron chi connectivity index (χ0n) is 12.6. The van der Waals surface area contributed by atoms with E-state index in [1.54, 1.807) is 31.2 Å². The lowest BCUT2D eigenvalue weighted by Gasteiger charge is -2.15. The van der Waals surface area contributed by atoms with E-state index in [0.29, 0.717) is 24.0 Å². The molecule has 0 aliphatic heterocycles. The molecule has 0 fully saturated rings. The van der Waals surface area contributed by atoms with E-state index in [-0.39, 0.29) is 6.61 Å². The summed E-state index contributed by atoms with van der Waals surface area (Å²) in [5, 5.41) is 2.58. The predicted molar refractivity (Wildman–Crippen MR) is 80.0 cm³/mol. The van der Waals surface area contributed by atoms with Gasteiger partial charge < -0.3 is 20.5 Å². The van der Waals surface area contributed by atoms with E-state index in [0.717, 1.165) is 0 Å².